The number of carbonyl (C=O) groups excluding carboxylic acids is 2. The summed E-state index contributed by atoms with van der Waals surface area (Å²) in [5, 5.41) is 1.31. The summed E-state index contributed by atoms with van der Waals surface area (Å²) in [5.41, 5.74) is 2.42. The van der Waals surface area contributed by atoms with E-state index in [0.717, 1.165) is 16.5 Å². The number of hydrogen-bond donors (Lipinski definition) is 1. The van der Waals surface area contributed by atoms with Crippen LogP contribution in [0, 0.1) is 0 Å². The van der Waals surface area contributed by atoms with Crippen molar-refractivity contribution >= 4 is 50.5 Å². The van der Waals surface area contributed by atoms with Gasteiger partial charge < -0.3 is 4.98 Å². The minimum absolute atomic E-state index is 0.250. The zero-order valence-corrected chi connectivity index (χ0v) is 12.9. The van der Waals surface area contributed by atoms with Gasteiger partial charge in [-0.1, -0.05) is 11.6 Å². The number of aromatic nitrogens is 2. The normalized spacial score (nSPS) is 10.8. The first kappa shape index (κ1) is 14.0. The number of benzene rings is 1. The molecule has 104 valence electrons. The summed E-state index contributed by atoms with van der Waals surface area (Å²) in [6.07, 6.45) is 3.56. The number of carbonyl (C=O) groups is 2. The molecular weight excluding hydrogens is 356 g/mol. The second kappa shape index (κ2) is 5.42. The Kier molecular flexibility index (Phi) is 3.61. The molecule has 1 N–H and O–H groups in total. The van der Waals surface area contributed by atoms with Gasteiger partial charge in [-0.25, -0.2) is 0 Å². The third kappa shape index (κ3) is 2.39. The molecule has 0 spiro atoms. The summed E-state index contributed by atoms with van der Waals surface area (Å²) in [6.45, 7) is 0. The molecule has 0 saturated carbocycles. The van der Waals surface area contributed by atoms with Crippen LogP contribution in [0.4, 0.5) is 0 Å². The van der Waals surface area contributed by atoms with Crippen LogP contribution in [-0.2, 0) is 4.79 Å². The molecule has 0 bridgehead atoms. The van der Waals surface area contributed by atoms with Gasteiger partial charge in [-0.2, -0.15) is 0 Å². The quantitative estimate of drug-likeness (QED) is 0.434. The molecule has 4 nitrogen and oxygen atoms in total. The maximum Gasteiger partial charge on any atom is 0.242 e. The molecule has 0 atom stereocenters. The Balaban J connectivity index is 2.40. The number of H-pyrrole nitrogens is 1. The number of nitrogens with one attached hydrogen (secondary N) is 1. The van der Waals surface area contributed by atoms with Crippen LogP contribution < -0.4 is 0 Å². The second-order valence-corrected chi connectivity index (χ2v) is 5.67. The van der Waals surface area contributed by atoms with Gasteiger partial charge in [0, 0.05) is 33.3 Å². The summed E-state index contributed by atoms with van der Waals surface area (Å²) >= 11 is 9.49. The van der Waals surface area contributed by atoms with Crippen molar-refractivity contribution in [3.05, 3.63) is 51.8 Å². The van der Waals surface area contributed by atoms with Crippen LogP contribution in [-0.4, -0.2) is 22.0 Å². The number of rotatable bonds is 3. The largest absolute Gasteiger partial charge is 0.351 e. The first-order valence-electron chi connectivity index (χ1n) is 6.02. The average Bonchev–Trinajstić information content (AvgIpc) is 2.86. The van der Waals surface area contributed by atoms with E-state index in [2.05, 4.69) is 25.9 Å². The molecule has 0 fully saturated rings. The van der Waals surface area contributed by atoms with E-state index in [-0.39, 0.29) is 5.69 Å². The van der Waals surface area contributed by atoms with E-state index in [9.17, 15) is 9.59 Å². The van der Waals surface area contributed by atoms with Crippen molar-refractivity contribution in [3.8, 4) is 11.1 Å². The van der Waals surface area contributed by atoms with Gasteiger partial charge in [0.05, 0.1) is 10.7 Å². The van der Waals surface area contributed by atoms with E-state index in [1.165, 1.54) is 0 Å². The topological polar surface area (TPSA) is 62.8 Å². The van der Waals surface area contributed by atoms with E-state index in [1.807, 2.05) is 0 Å². The number of Topliss-reactive ketones (excluding diaryl/α,β-unsaturated/α-hetero) is 1. The highest BCUT2D eigenvalue weighted by molar-refractivity contribution is 9.10. The molecule has 0 unspecified atom stereocenters. The zero-order valence-electron chi connectivity index (χ0n) is 10.6. The van der Waals surface area contributed by atoms with Crippen molar-refractivity contribution in [2.24, 2.45) is 0 Å². The van der Waals surface area contributed by atoms with Crippen LogP contribution >= 0.6 is 27.5 Å². The van der Waals surface area contributed by atoms with Crippen molar-refractivity contribution in [1.29, 1.82) is 0 Å². The van der Waals surface area contributed by atoms with Gasteiger partial charge in [0.1, 0.15) is 0 Å². The molecule has 0 aliphatic rings. The smallest absolute Gasteiger partial charge is 0.242 e. The Bertz CT molecular complexity index is 859. The highest BCUT2D eigenvalue weighted by atomic mass is 79.9. The van der Waals surface area contributed by atoms with Crippen molar-refractivity contribution < 1.29 is 9.59 Å². The predicted octanol–water partition coefficient (Wildman–Crippen LogP) is 4.03. The van der Waals surface area contributed by atoms with Gasteiger partial charge in [-0.3, -0.25) is 14.6 Å². The summed E-state index contributed by atoms with van der Waals surface area (Å²) in [4.78, 5) is 29.7. The minimum atomic E-state index is -0.606. The number of aromatic amines is 1. The molecule has 3 rings (SSSR count). The van der Waals surface area contributed by atoms with Crippen LogP contribution in [0.3, 0.4) is 0 Å². The lowest BCUT2D eigenvalue weighted by atomic mass is 10.0. The lowest BCUT2D eigenvalue weighted by molar-refractivity contribution is -0.104. The van der Waals surface area contributed by atoms with Crippen LogP contribution in [0.2, 0.25) is 5.02 Å². The van der Waals surface area contributed by atoms with Gasteiger partial charge in [-0.05, 0) is 45.8 Å². The third-order valence-electron chi connectivity index (χ3n) is 3.16. The lowest BCUT2D eigenvalue weighted by Crippen LogP contribution is -2.02. The lowest BCUT2D eigenvalue weighted by Gasteiger charge is -2.02. The van der Waals surface area contributed by atoms with E-state index in [0.29, 0.717) is 21.3 Å². The van der Waals surface area contributed by atoms with Gasteiger partial charge in [0.2, 0.25) is 5.78 Å². The van der Waals surface area contributed by atoms with E-state index < -0.39 is 5.78 Å². The van der Waals surface area contributed by atoms with Gasteiger partial charge >= 0.3 is 0 Å². The van der Waals surface area contributed by atoms with Crippen LogP contribution in [0.25, 0.3) is 22.0 Å². The SMILES string of the molecule is O=CC(=O)c1[nH]c2cc(Br)c(Cl)cc2c1-c1ccncc1. The predicted molar refractivity (Wildman–Crippen MR) is 84.6 cm³/mol. The minimum Gasteiger partial charge on any atom is -0.351 e. The molecule has 1 aromatic carbocycles. The maximum absolute atomic E-state index is 11.9. The van der Waals surface area contributed by atoms with Crippen LogP contribution in [0.5, 0.6) is 0 Å². The number of pyridine rings is 1. The molecule has 2 aromatic heterocycles. The standard InChI is InChI=1S/C15H8BrClN2O2/c16-10-6-12-9(5-11(10)17)14(8-1-3-18-4-2-8)15(19-12)13(21)7-20/h1-7,19H. The maximum atomic E-state index is 11.9. The highest BCUT2D eigenvalue weighted by Crippen LogP contribution is 2.36. The Labute approximate surface area is 133 Å². The average molecular weight is 364 g/mol. The first-order valence-corrected chi connectivity index (χ1v) is 7.19. The molecule has 0 aliphatic heterocycles. The number of ketones is 1. The Morgan fingerprint density at radius 2 is 2.00 bits per heavy atom. The summed E-state index contributed by atoms with van der Waals surface area (Å²) in [7, 11) is 0. The monoisotopic (exact) mass is 362 g/mol. The fourth-order valence-electron chi connectivity index (χ4n) is 2.25. The summed E-state index contributed by atoms with van der Waals surface area (Å²) in [5.74, 6) is -0.606. The van der Waals surface area contributed by atoms with Crippen LogP contribution in [0.1, 0.15) is 10.5 Å². The van der Waals surface area contributed by atoms with Gasteiger partial charge in [-0.15, -0.1) is 0 Å². The van der Waals surface area contributed by atoms with E-state index in [1.54, 1.807) is 36.7 Å². The molecule has 6 heteroatoms. The fraction of sp³-hybridized carbons (Fsp3) is 0. The van der Waals surface area contributed by atoms with Gasteiger partial charge in [0.15, 0.2) is 6.29 Å². The fourth-order valence-corrected chi connectivity index (χ4v) is 2.76. The molecule has 0 radical (unpaired) electrons. The van der Waals surface area contributed by atoms with E-state index in [4.69, 9.17) is 11.6 Å². The number of aldehydes is 1. The molecule has 3 aromatic rings. The van der Waals surface area contributed by atoms with Crippen molar-refractivity contribution in [2.45, 2.75) is 0 Å². The van der Waals surface area contributed by atoms with E-state index >= 15 is 0 Å². The molecule has 2 heterocycles. The molecule has 0 saturated heterocycles. The number of fused-ring (bicyclic) bond motifs is 1. The Hall–Kier alpha value is -1.98. The number of halogens is 2. The highest BCUT2D eigenvalue weighted by Gasteiger charge is 2.19. The summed E-state index contributed by atoms with van der Waals surface area (Å²) in [6, 6.07) is 7.10. The summed E-state index contributed by atoms with van der Waals surface area (Å²) < 4.78 is 0.712. The van der Waals surface area contributed by atoms with Crippen molar-refractivity contribution in [2.75, 3.05) is 0 Å². The van der Waals surface area contributed by atoms with Crippen molar-refractivity contribution in [1.82, 2.24) is 9.97 Å². The Morgan fingerprint density at radius 1 is 1.29 bits per heavy atom. The molecule has 0 amide bonds. The molecule has 21 heavy (non-hydrogen) atoms. The third-order valence-corrected chi connectivity index (χ3v) is 4.36. The molecule has 0 aliphatic carbocycles. The number of nitrogens with zero attached hydrogens (tertiary/aromatic N) is 1. The molecular formula is C15H8BrClN2O2. The zero-order chi connectivity index (χ0) is 15.0. The number of hydrogen-bond acceptors (Lipinski definition) is 3. The van der Waals surface area contributed by atoms with Crippen molar-refractivity contribution in [3.63, 3.8) is 0 Å². The first-order chi connectivity index (χ1) is 10.1. The van der Waals surface area contributed by atoms with Crippen LogP contribution in [0.15, 0.2) is 41.1 Å². The Morgan fingerprint density at radius 3 is 2.67 bits per heavy atom. The van der Waals surface area contributed by atoms with Gasteiger partial charge in [0.25, 0.3) is 0 Å². The second-order valence-electron chi connectivity index (χ2n) is 4.40.